The number of amides is 1. The van der Waals surface area contributed by atoms with Crippen molar-refractivity contribution >= 4 is 5.91 Å². The van der Waals surface area contributed by atoms with E-state index in [1.54, 1.807) is 11.0 Å². The smallest absolute Gasteiger partial charge is 0.222 e. The average Bonchev–Trinajstić information content (AvgIpc) is 3.07. The van der Waals surface area contributed by atoms with Crippen LogP contribution in [0, 0.1) is 13.8 Å². The standard InChI is InChI=1S/C16H22N6O2/c1-12-8-13(2)20-16(19-12)14-9-21(6-7-24-14)15(23)4-3-5-22-11-17-10-18-22/h8,10-11,14H,3-7,9H2,1-2H3/t14-/m1/s1. The summed E-state index contributed by atoms with van der Waals surface area (Å²) in [6.07, 6.45) is 4.13. The van der Waals surface area contributed by atoms with Crippen molar-refractivity contribution in [1.82, 2.24) is 29.6 Å². The van der Waals surface area contributed by atoms with E-state index in [-0.39, 0.29) is 12.0 Å². The van der Waals surface area contributed by atoms with Crippen LogP contribution in [0.2, 0.25) is 0 Å². The largest absolute Gasteiger partial charge is 0.367 e. The first-order valence-corrected chi connectivity index (χ1v) is 8.16. The Bertz CT molecular complexity index is 668. The summed E-state index contributed by atoms with van der Waals surface area (Å²) in [5.41, 5.74) is 1.83. The second kappa shape index (κ2) is 7.48. The van der Waals surface area contributed by atoms with Crippen LogP contribution in [0.15, 0.2) is 18.7 Å². The van der Waals surface area contributed by atoms with Crippen molar-refractivity contribution in [2.24, 2.45) is 0 Å². The van der Waals surface area contributed by atoms with E-state index in [2.05, 4.69) is 20.1 Å². The van der Waals surface area contributed by atoms with Crippen molar-refractivity contribution in [3.05, 3.63) is 35.9 Å². The zero-order chi connectivity index (χ0) is 16.9. The lowest BCUT2D eigenvalue weighted by molar-refractivity contribution is -0.139. The molecular formula is C16H22N6O2. The van der Waals surface area contributed by atoms with Gasteiger partial charge in [-0.3, -0.25) is 9.48 Å². The van der Waals surface area contributed by atoms with Crippen molar-refractivity contribution in [2.45, 2.75) is 39.3 Å². The number of carbonyl (C=O) groups is 1. The lowest BCUT2D eigenvalue weighted by atomic mass is 10.2. The van der Waals surface area contributed by atoms with E-state index < -0.39 is 0 Å². The highest BCUT2D eigenvalue weighted by Crippen LogP contribution is 2.20. The van der Waals surface area contributed by atoms with Gasteiger partial charge in [-0.15, -0.1) is 0 Å². The van der Waals surface area contributed by atoms with Crippen LogP contribution in [0.25, 0.3) is 0 Å². The van der Waals surface area contributed by atoms with E-state index in [9.17, 15) is 4.79 Å². The van der Waals surface area contributed by atoms with Gasteiger partial charge in [-0.1, -0.05) is 0 Å². The summed E-state index contributed by atoms with van der Waals surface area (Å²) in [5.74, 6) is 0.792. The Morgan fingerprint density at radius 3 is 2.83 bits per heavy atom. The molecule has 1 fully saturated rings. The van der Waals surface area contributed by atoms with Gasteiger partial charge < -0.3 is 9.64 Å². The molecule has 8 heteroatoms. The molecule has 1 amide bonds. The monoisotopic (exact) mass is 330 g/mol. The average molecular weight is 330 g/mol. The summed E-state index contributed by atoms with van der Waals surface area (Å²) in [4.78, 5) is 27.1. The molecule has 1 atom stereocenters. The van der Waals surface area contributed by atoms with Crippen molar-refractivity contribution in [1.29, 1.82) is 0 Å². The first kappa shape index (κ1) is 16.5. The third kappa shape index (κ3) is 4.14. The van der Waals surface area contributed by atoms with Crippen LogP contribution in [0.5, 0.6) is 0 Å². The molecule has 0 spiro atoms. The number of rotatable bonds is 5. The van der Waals surface area contributed by atoms with E-state index in [0.717, 1.165) is 17.8 Å². The van der Waals surface area contributed by atoms with Gasteiger partial charge in [-0.25, -0.2) is 15.0 Å². The van der Waals surface area contributed by atoms with Crippen LogP contribution in [-0.4, -0.2) is 55.2 Å². The maximum atomic E-state index is 12.4. The highest BCUT2D eigenvalue weighted by atomic mass is 16.5. The van der Waals surface area contributed by atoms with Gasteiger partial charge in [0.05, 0.1) is 13.2 Å². The summed E-state index contributed by atoms with van der Waals surface area (Å²) in [5, 5.41) is 4.04. The van der Waals surface area contributed by atoms with Gasteiger partial charge in [0, 0.05) is 30.9 Å². The highest BCUT2D eigenvalue weighted by Gasteiger charge is 2.27. The first-order chi connectivity index (χ1) is 11.6. The Morgan fingerprint density at radius 1 is 1.33 bits per heavy atom. The number of aryl methyl sites for hydroxylation is 3. The summed E-state index contributed by atoms with van der Waals surface area (Å²) in [6.45, 7) is 6.20. The second-order valence-corrected chi connectivity index (χ2v) is 5.97. The Kier molecular flexibility index (Phi) is 5.14. The minimum atomic E-state index is -0.253. The summed E-state index contributed by atoms with van der Waals surface area (Å²) in [7, 11) is 0. The molecule has 128 valence electrons. The van der Waals surface area contributed by atoms with E-state index in [1.807, 2.05) is 24.8 Å². The fraction of sp³-hybridized carbons (Fsp3) is 0.562. The van der Waals surface area contributed by atoms with Crippen LogP contribution in [-0.2, 0) is 16.1 Å². The van der Waals surface area contributed by atoms with E-state index in [4.69, 9.17) is 4.74 Å². The van der Waals surface area contributed by atoms with Gasteiger partial charge in [0.15, 0.2) is 5.82 Å². The lowest BCUT2D eigenvalue weighted by Crippen LogP contribution is -2.42. The number of carbonyl (C=O) groups excluding carboxylic acids is 1. The molecule has 3 rings (SSSR count). The van der Waals surface area contributed by atoms with Gasteiger partial charge >= 0.3 is 0 Å². The predicted octanol–water partition coefficient (Wildman–Crippen LogP) is 1.07. The fourth-order valence-electron chi connectivity index (χ4n) is 2.83. The fourth-order valence-corrected chi connectivity index (χ4v) is 2.83. The van der Waals surface area contributed by atoms with E-state index >= 15 is 0 Å². The quantitative estimate of drug-likeness (QED) is 0.815. The van der Waals surface area contributed by atoms with E-state index in [0.29, 0.717) is 38.5 Å². The minimum absolute atomic E-state index is 0.132. The molecule has 2 aromatic rings. The maximum absolute atomic E-state index is 12.4. The van der Waals surface area contributed by atoms with E-state index in [1.165, 1.54) is 6.33 Å². The molecule has 3 heterocycles. The van der Waals surface area contributed by atoms with Crippen LogP contribution in [0.3, 0.4) is 0 Å². The molecule has 1 aliphatic heterocycles. The Balaban J connectivity index is 1.55. The summed E-state index contributed by atoms with van der Waals surface area (Å²) in [6, 6.07) is 1.93. The third-order valence-corrected chi connectivity index (χ3v) is 3.95. The van der Waals surface area contributed by atoms with Gasteiger partial charge in [0.25, 0.3) is 0 Å². The van der Waals surface area contributed by atoms with Crippen molar-refractivity contribution < 1.29 is 9.53 Å². The van der Waals surface area contributed by atoms with Crippen LogP contribution in [0.1, 0.15) is 36.2 Å². The normalized spacial score (nSPS) is 17.9. The number of hydrogen-bond acceptors (Lipinski definition) is 6. The van der Waals surface area contributed by atoms with Gasteiger partial charge in [-0.2, -0.15) is 5.10 Å². The van der Waals surface area contributed by atoms with Crippen LogP contribution >= 0.6 is 0 Å². The molecule has 0 unspecified atom stereocenters. The molecule has 2 aromatic heterocycles. The molecule has 0 aromatic carbocycles. The van der Waals surface area contributed by atoms with Gasteiger partial charge in [0.2, 0.25) is 5.91 Å². The minimum Gasteiger partial charge on any atom is -0.367 e. The maximum Gasteiger partial charge on any atom is 0.222 e. The second-order valence-electron chi connectivity index (χ2n) is 5.97. The predicted molar refractivity (Wildman–Crippen MR) is 86.0 cm³/mol. The summed E-state index contributed by atoms with van der Waals surface area (Å²) >= 11 is 0. The molecule has 0 bridgehead atoms. The zero-order valence-corrected chi connectivity index (χ0v) is 14.1. The van der Waals surface area contributed by atoms with Crippen molar-refractivity contribution in [2.75, 3.05) is 19.7 Å². The number of ether oxygens (including phenoxy) is 1. The number of aromatic nitrogens is 5. The molecule has 0 N–H and O–H groups in total. The molecule has 0 aliphatic carbocycles. The van der Waals surface area contributed by atoms with Crippen molar-refractivity contribution in [3.8, 4) is 0 Å². The molecule has 24 heavy (non-hydrogen) atoms. The molecule has 1 aliphatic rings. The molecular weight excluding hydrogens is 308 g/mol. The first-order valence-electron chi connectivity index (χ1n) is 8.16. The molecule has 8 nitrogen and oxygen atoms in total. The van der Waals surface area contributed by atoms with Crippen LogP contribution < -0.4 is 0 Å². The molecule has 0 radical (unpaired) electrons. The topological polar surface area (TPSA) is 86.0 Å². The van der Waals surface area contributed by atoms with Crippen molar-refractivity contribution in [3.63, 3.8) is 0 Å². The molecule has 1 saturated heterocycles. The summed E-state index contributed by atoms with van der Waals surface area (Å²) < 4.78 is 7.51. The number of hydrogen-bond donors (Lipinski definition) is 0. The lowest BCUT2D eigenvalue weighted by Gasteiger charge is -2.32. The Hall–Kier alpha value is -2.35. The number of nitrogens with zero attached hydrogens (tertiary/aromatic N) is 6. The van der Waals surface area contributed by atoms with Crippen LogP contribution in [0.4, 0.5) is 0 Å². The number of morpholine rings is 1. The molecule has 0 saturated carbocycles. The third-order valence-electron chi connectivity index (χ3n) is 3.95. The SMILES string of the molecule is Cc1cc(C)nc([C@H]2CN(C(=O)CCCn3cncn3)CCO2)n1. The van der Waals surface area contributed by atoms with Gasteiger partial charge in [0.1, 0.15) is 18.8 Å². The Labute approximate surface area is 140 Å². The highest BCUT2D eigenvalue weighted by molar-refractivity contribution is 5.76. The Morgan fingerprint density at radius 2 is 2.12 bits per heavy atom. The van der Waals surface area contributed by atoms with Gasteiger partial charge in [-0.05, 0) is 26.3 Å². The zero-order valence-electron chi connectivity index (χ0n) is 14.1.